The van der Waals surface area contributed by atoms with Crippen LogP contribution in [0.15, 0.2) is 48.7 Å². The van der Waals surface area contributed by atoms with Crippen molar-refractivity contribution in [2.24, 2.45) is 0 Å². The second-order valence-electron chi connectivity index (χ2n) is 3.52. The fraction of sp³-hybridized carbons (Fsp3) is 0.143. The molecule has 17 heavy (non-hydrogen) atoms. The molecule has 0 amide bonds. The minimum Gasteiger partial charge on any atom is -0.271 e. The van der Waals surface area contributed by atoms with Gasteiger partial charge in [-0.25, -0.2) is 0 Å². The topological polar surface area (TPSA) is 36.9 Å². The van der Waals surface area contributed by atoms with Gasteiger partial charge in [-0.3, -0.25) is 4.84 Å². The summed E-state index contributed by atoms with van der Waals surface area (Å²) in [7, 11) is 0. The van der Waals surface area contributed by atoms with Crippen molar-refractivity contribution in [3.63, 3.8) is 0 Å². The normalized spacial score (nSPS) is 9.65. The van der Waals surface area contributed by atoms with Crippen LogP contribution in [0.4, 0.5) is 0 Å². The number of nitriles is 1. The fourth-order valence-corrected chi connectivity index (χ4v) is 1.62. The van der Waals surface area contributed by atoms with Crippen LogP contribution in [-0.2, 0) is 0 Å². The number of rotatable bonds is 3. The van der Waals surface area contributed by atoms with Gasteiger partial charge in [-0.05, 0) is 37.3 Å². The Labute approximate surface area is 100 Å². The van der Waals surface area contributed by atoms with Crippen LogP contribution in [0.3, 0.4) is 0 Å². The highest BCUT2D eigenvalue weighted by Gasteiger charge is 2.13. The van der Waals surface area contributed by atoms with Gasteiger partial charge in [0.25, 0.3) is 5.69 Å². The molecule has 0 saturated carbocycles. The van der Waals surface area contributed by atoms with Crippen LogP contribution in [0.2, 0.25) is 0 Å². The average molecular weight is 225 g/mol. The summed E-state index contributed by atoms with van der Waals surface area (Å²) in [5.74, 6) is 0. The second kappa shape index (κ2) is 5.13. The molecule has 3 heteroatoms. The third-order valence-corrected chi connectivity index (χ3v) is 2.40. The molecular formula is C14H13N2O+. The molecule has 0 bridgehead atoms. The third-order valence-electron chi connectivity index (χ3n) is 2.40. The number of benzene rings is 1. The van der Waals surface area contributed by atoms with Gasteiger partial charge in [0, 0.05) is 16.9 Å². The summed E-state index contributed by atoms with van der Waals surface area (Å²) in [5, 5.41) is 8.76. The van der Waals surface area contributed by atoms with E-state index in [1.165, 1.54) is 0 Å². The first-order valence-electron chi connectivity index (χ1n) is 5.49. The molecule has 0 fully saturated rings. The van der Waals surface area contributed by atoms with Gasteiger partial charge in [0.2, 0.25) is 6.20 Å². The molecule has 3 nitrogen and oxygen atoms in total. The molecule has 1 aromatic heterocycles. The zero-order chi connectivity index (χ0) is 12.1. The van der Waals surface area contributed by atoms with Gasteiger partial charge < -0.3 is 0 Å². The zero-order valence-electron chi connectivity index (χ0n) is 9.63. The van der Waals surface area contributed by atoms with Crippen molar-refractivity contribution in [2.75, 3.05) is 6.61 Å². The molecule has 0 N–H and O–H groups in total. The lowest BCUT2D eigenvalue weighted by molar-refractivity contribution is -0.882. The van der Waals surface area contributed by atoms with Crippen LogP contribution in [0, 0.1) is 11.3 Å². The highest BCUT2D eigenvalue weighted by atomic mass is 16.7. The Kier molecular flexibility index (Phi) is 3.37. The van der Waals surface area contributed by atoms with Crippen LogP contribution < -0.4 is 9.57 Å². The van der Waals surface area contributed by atoms with Gasteiger partial charge >= 0.3 is 0 Å². The quantitative estimate of drug-likeness (QED) is 0.749. The van der Waals surface area contributed by atoms with Gasteiger partial charge in [0.15, 0.2) is 6.61 Å². The molecular weight excluding hydrogens is 212 g/mol. The maximum absolute atomic E-state index is 8.76. The smallest absolute Gasteiger partial charge is 0.264 e. The first-order valence-corrected chi connectivity index (χ1v) is 5.49. The van der Waals surface area contributed by atoms with Crippen molar-refractivity contribution < 1.29 is 9.57 Å². The Hall–Kier alpha value is -2.34. The van der Waals surface area contributed by atoms with Gasteiger partial charge in [0.1, 0.15) is 0 Å². The molecule has 0 radical (unpaired) electrons. The summed E-state index contributed by atoms with van der Waals surface area (Å²) in [6.45, 7) is 2.56. The SMILES string of the molecule is CCO[n+]1ccccc1-c1ccc(C#N)cc1. The van der Waals surface area contributed by atoms with E-state index >= 15 is 0 Å². The van der Waals surface area contributed by atoms with Crippen molar-refractivity contribution in [3.05, 3.63) is 54.2 Å². The lowest BCUT2D eigenvalue weighted by atomic mass is 10.1. The fourth-order valence-electron chi connectivity index (χ4n) is 1.62. The number of pyridine rings is 1. The molecule has 2 rings (SSSR count). The lowest BCUT2D eigenvalue weighted by Gasteiger charge is -2.01. The minimum atomic E-state index is 0.609. The molecule has 0 atom stereocenters. The summed E-state index contributed by atoms with van der Waals surface area (Å²) < 4.78 is 1.74. The van der Waals surface area contributed by atoms with Gasteiger partial charge in [-0.2, -0.15) is 5.26 Å². The first-order chi connectivity index (χ1) is 8.35. The predicted molar refractivity (Wildman–Crippen MR) is 63.9 cm³/mol. The zero-order valence-corrected chi connectivity index (χ0v) is 9.63. The summed E-state index contributed by atoms with van der Waals surface area (Å²) in [6.07, 6.45) is 1.87. The van der Waals surface area contributed by atoms with Crippen molar-refractivity contribution in [3.8, 4) is 17.3 Å². The Morgan fingerprint density at radius 2 is 1.94 bits per heavy atom. The van der Waals surface area contributed by atoms with Crippen molar-refractivity contribution >= 4 is 0 Å². The Bertz CT molecular complexity index is 541. The lowest BCUT2D eigenvalue weighted by Crippen LogP contribution is -2.44. The molecule has 0 aliphatic carbocycles. The molecule has 0 saturated heterocycles. The van der Waals surface area contributed by atoms with Crippen LogP contribution in [0.1, 0.15) is 12.5 Å². The standard InChI is InChI=1S/C14H13N2O/c1-2-17-16-10-4-3-5-14(16)13-8-6-12(11-15)7-9-13/h3-10H,2H2,1H3/q+1. The number of hydrogen-bond acceptors (Lipinski definition) is 2. The molecule has 1 heterocycles. The van der Waals surface area contributed by atoms with E-state index < -0.39 is 0 Å². The minimum absolute atomic E-state index is 0.609. The van der Waals surface area contributed by atoms with E-state index in [0.29, 0.717) is 12.2 Å². The highest BCUT2D eigenvalue weighted by Crippen LogP contribution is 2.15. The summed E-state index contributed by atoms with van der Waals surface area (Å²) in [5.41, 5.74) is 2.66. The third kappa shape index (κ3) is 2.43. The summed E-state index contributed by atoms with van der Waals surface area (Å²) in [4.78, 5) is 5.50. The second-order valence-corrected chi connectivity index (χ2v) is 3.52. The van der Waals surface area contributed by atoms with Crippen molar-refractivity contribution in [1.82, 2.24) is 0 Å². The van der Waals surface area contributed by atoms with Crippen LogP contribution in [0.25, 0.3) is 11.3 Å². The van der Waals surface area contributed by atoms with E-state index in [1.807, 2.05) is 43.5 Å². The van der Waals surface area contributed by atoms with Gasteiger partial charge in [-0.15, -0.1) is 0 Å². The Morgan fingerprint density at radius 3 is 2.59 bits per heavy atom. The Balaban J connectivity index is 2.41. The number of nitrogens with zero attached hydrogens (tertiary/aromatic N) is 2. The van der Waals surface area contributed by atoms with Crippen molar-refractivity contribution in [1.29, 1.82) is 5.26 Å². The summed E-state index contributed by atoms with van der Waals surface area (Å²) in [6, 6.07) is 15.4. The van der Waals surface area contributed by atoms with Gasteiger partial charge in [0.05, 0.1) is 17.2 Å². The first kappa shape index (κ1) is 11.2. The van der Waals surface area contributed by atoms with Crippen molar-refractivity contribution in [2.45, 2.75) is 6.92 Å². The van der Waals surface area contributed by atoms with E-state index in [2.05, 4.69) is 6.07 Å². The van der Waals surface area contributed by atoms with E-state index in [0.717, 1.165) is 11.3 Å². The molecule has 0 aliphatic rings. The molecule has 0 aliphatic heterocycles. The maximum Gasteiger partial charge on any atom is 0.264 e. The van der Waals surface area contributed by atoms with Crippen LogP contribution >= 0.6 is 0 Å². The predicted octanol–water partition coefficient (Wildman–Crippen LogP) is 1.96. The van der Waals surface area contributed by atoms with E-state index in [1.54, 1.807) is 16.9 Å². The summed E-state index contributed by atoms with van der Waals surface area (Å²) >= 11 is 0. The van der Waals surface area contributed by atoms with Gasteiger partial charge in [-0.1, -0.05) is 0 Å². The number of hydrogen-bond donors (Lipinski definition) is 0. The molecule has 1 aromatic carbocycles. The molecule has 0 unspecified atom stereocenters. The molecule has 0 spiro atoms. The van der Waals surface area contributed by atoms with E-state index in [4.69, 9.17) is 10.1 Å². The Morgan fingerprint density at radius 1 is 1.18 bits per heavy atom. The number of aromatic nitrogens is 1. The monoisotopic (exact) mass is 225 g/mol. The average Bonchev–Trinajstić information content (AvgIpc) is 2.40. The molecule has 2 aromatic rings. The van der Waals surface area contributed by atoms with Crippen LogP contribution in [-0.4, -0.2) is 6.61 Å². The van der Waals surface area contributed by atoms with E-state index in [9.17, 15) is 0 Å². The van der Waals surface area contributed by atoms with E-state index in [-0.39, 0.29) is 0 Å². The maximum atomic E-state index is 8.76. The largest absolute Gasteiger partial charge is 0.271 e. The highest BCUT2D eigenvalue weighted by molar-refractivity contribution is 5.57. The molecule has 84 valence electrons. The van der Waals surface area contributed by atoms with Crippen LogP contribution in [0.5, 0.6) is 0 Å².